The molecule has 1 N–H and O–H groups in total. The summed E-state index contributed by atoms with van der Waals surface area (Å²) in [6.07, 6.45) is 1.66. The zero-order chi connectivity index (χ0) is 17.1. The van der Waals surface area contributed by atoms with E-state index in [-0.39, 0.29) is 31.1 Å². The summed E-state index contributed by atoms with van der Waals surface area (Å²) in [6, 6.07) is 6.34. The summed E-state index contributed by atoms with van der Waals surface area (Å²) < 4.78 is 10.6. The van der Waals surface area contributed by atoms with Gasteiger partial charge in [0.15, 0.2) is 0 Å². The quantitative estimate of drug-likeness (QED) is 0.792. The van der Waals surface area contributed by atoms with Gasteiger partial charge in [0.2, 0.25) is 0 Å². The zero-order valence-corrected chi connectivity index (χ0v) is 13.7. The second-order valence-electron chi connectivity index (χ2n) is 6.08. The molecule has 7 nitrogen and oxygen atoms in total. The van der Waals surface area contributed by atoms with Crippen molar-refractivity contribution in [1.82, 2.24) is 9.80 Å². The van der Waals surface area contributed by atoms with Crippen LogP contribution in [-0.2, 0) is 4.79 Å². The summed E-state index contributed by atoms with van der Waals surface area (Å²) in [4.78, 5) is 27.4. The third-order valence-electron chi connectivity index (χ3n) is 4.43. The Labute approximate surface area is 140 Å². The lowest BCUT2D eigenvalue weighted by atomic mass is 10.0. The van der Waals surface area contributed by atoms with Crippen LogP contribution in [-0.4, -0.2) is 65.8 Å². The summed E-state index contributed by atoms with van der Waals surface area (Å²) >= 11 is 0. The molecule has 2 heterocycles. The normalized spacial score (nSPS) is 21.7. The van der Waals surface area contributed by atoms with Crippen LogP contribution in [0.25, 0.3) is 0 Å². The number of β-amino-alcohol motifs (C(OH)–C–C–N with tert-alkyl or cyclic N) is 1. The zero-order valence-electron chi connectivity index (χ0n) is 13.7. The molecule has 2 atom stereocenters. The Morgan fingerprint density at radius 3 is 2.58 bits per heavy atom. The van der Waals surface area contributed by atoms with E-state index in [4.69, 9.17) is 9.47 Å². The maximum Gasteiger partial charge on any atom is 0.327 e. The molecule has 0 saturated carbocycles. The highest BCUT2D eigenvalue weighted by Crippen LogP contribution is 2.26. The number of hydrogen-bond donors (Lipinski definition) is 1. The lowest BCUT2D eigenvalue weighted by Crippen LogP contribution is -2.40. The van der Waals surface area contributed by atoms with Gasteiger partial charge in [-0.25, -0.2) is 4.79 Å². The smallest absolute Gasteiger partial charge is 0.327 e. The second-order valence-corrected chi connectivity index (χ2v) is 6.08. The number of methoxy groups -OCH3 is 1. The molecule has 7 heteroatoms. The van der Waals surface area contributed by atoms with Crippen LogP contribution in [0, 0.1) is 0 Å². The SMILES string of the molecule is COc1ccc(OC[C@@H](O)CN2C(=O)[C@@H]3CCCCN3C2=O)cc1. The molecule has 2 saturated heterocycles. The van der Waals surface area contributed by atoms with E-state index in [1.54, 1.807) is 36.3 Å². The first-order valence-corrected chi connectivity index (χ1v) is 8.17. The van der Waals surface area contributed by atoms with Crippen molar-refractivity contribution in [1.29, 1.82) is 0 Å². The molecular formula is C17H22N2O5. The molecule has 2 aliphatic heterocycles. The monoisotopic (exact) mass is 334 g/mol. The van der Waals surface area contributed by atoms with Crippen molar-refractivity contribution in [2.45, 2.75) is 31.4 Å². The largest absolute Gasteiger partial charge is 0.497 e. The van der Waals surface area contributed by atoms with E-state index in [9.17, 15) is 14.7 Å². The number of hydrogen-bond acceptors (Lipinski definition) is 5. The number of aliphatic hydroxyl groups excluding tert-OH is 1. The van der Waals surface area contributed by atoms with Crippen molar-refractivity contribution >= 4 is 11.9 Å². The summed E-state index contributed by atoms with van der Waals surface area (Å²) in [5.41, 5.74) is 0. The van der Waals surface area contributed by atoms with Crippen LogP contribution in [0.5, 0.6) is 11.5 Å². The van der Waals surface area contributed by atoms with Gasteiger partial charge in [0.05, 0.1) is 13.7 Å². The number of amides is 3. The number of urea groups is 1. The Hall–Kier alpha value is -2.28. The van der Waals surface area contributed by atoms with E-state index in [1.165, 1.54) is 0 Å². The van der Waals surface area contributed by atoms with Gasteiger partial charge >= 0.3 is 6.03 Å². The molecule has 3 amide bonds. The Bertz CT molecular complexity index is 580. The lowest BCUT2D eigenvalue weighted by Gasteiger charge is -2.26. The maximum atomic E-state index is 12.3. The van der Waals surface area contributed by atoms with E-state index < -0.39 is 6.10 Å². The number of aliphatic hydroxyl groups is 1. The van der Waals surface area contributed by atoms with E-state index in [0.717, 1.165) is 17.7 Å². The predicted molar refractivity (Wildman–Crippen MR) is 85.9 cm³/mol. The number of benzene rings is 1. The molecule has 24 heavy (non-hydrogen) atoms. The molecule has 2 fully saturated rings. The van der Waals surface area contributed by atoms with Gasteiger partial charge in [-0.15, -0.1) is 0 Å². The Morgan fingerprint density at radius 2 is 1.92 bits per heavy atom. The van der Waals surface area contributed by atoms with Crippen LogP contribution in [0.2, 0.25) is 0 Å². The standard InChI is InChI=1S/C17H22N2O5/c1-23-13-5-7-14(8-6-13)24-11-12(20)10-19-16(21)15-4-2-3-9-18(15)17(19)22/h5-8,12,15,20H,2-4,9-11H2,1H3/t12-,15-/m0/s1. The summed E-state index contributed by atoms with van der Waals surface area (Å²) in [7, 11) is 1.58. The minimum absolute atomic E-state index is 0.00799. The molecule has 1 aromatic rings. The molecule has 0 aromatic heterocycles. The molecule has 3 rings (SSSR count). The second kappa shape index (κ2) is 7.09. The number of piperidine rings is 1. The molecule has 0 bridgehead atoms. The average molecular weight is 334 g/mol. The van der Waals surface area contributed by atoms with Crippen molar-refractivity contribution in [3.8, 4) is 11.5 Å². The van der Waals surface area contributed by atoms with E-state index in [1.807, 2.05) is 0 Å². The number of imide groups is 1. The molecule has 0 aliphatic carbocycles. The fourth-order valence-electron chi connectivity index (χ4n) is 3.14. The number of ether oxygens (including phenoxy) is 2. The Morgan fingerprint density at radius 1 is 1.21 bits per heavy atom. The summed E-state index contributed by atoms with van der Waals surface area (Å²) in [5.74, 6) is 1.10. The topological polar surface area (TPSA) is 79.3 Å². The Kier molecular flexibility index (Phi) is 4.89. The third-order valence-corrected chi connectivity index (χ3v) is 4.43. The van der Waals surface area contributed by atoms with Crippen molar-refractivity contribution in [3.05, 3.63) is 24.3 Å². The number of carbonyl (C=O) groups excluding carboxylic acids is 2. The molecule has 0 spiro atoms. The maximum absolute atomic E-state index is 12.3. The molecule has 0 unspecified atom stereocenters. The lowest BCUT2D eigenvalue weighted by molar-refractivity contribution is -0.129. The summed E-state index contributed by atoms with van der Waals surface area (Å²) in [5, 5.41) is 10.1. The van der Waals surface area contributed by atoms with Crippen LogP contribution in [0.15, 0.2) is 24.3 Å². The van der Waals surface area contributed by atoms with Gasteiger partial charge in [-0.1, -0.05) is 0 Å². The van der Waals surface area contributed by atoms with Crippen LogP contribution >= 0.6 is 0 Å². The Balaban J connectivity index is 1.53. The first-order chi connectivity index (χ1) is 11.6. The van der Waals surface area contributed by atoms with Crippen LogP contribution in [0.3, 0.4) is 0 Å². The van der Waals surface area contributed by atoms with Crippen LogP contribution < -0.4 is 9.47 Å². The predicted octanol–water partition coefficient (Wildman–Crippen LogP) is 1.25. The fraction of sp³-hybridized carbons (Fsp3) is 0.529. The van der Waals surface area contributed by atoms with Gasteiger partial charge in [-0.3, -0.25) is 9.69 Å². The van der Waals surface area contributed by atoms with E-state index >= 15 is 0 Å². The molecule has 0 radical (unpaired) electrons. The van der Waals surface area contributed by atoms with Gasteiger partial charge in [0.1, 0.15) is 30.3 Å². The number of fused-ring (bicyclic) bond motifs is 1. The van der Waals surface area contributed by atoms with Gasteiger partial charge in [0, 0.05) is 6.54 Å². The number of carbonyl (C=O) groups is 2. The highest BCUT2D eigenvalue weighted by molar-refractivity contribution is 6.04. The highest BCUT2D eigenvalue weighted by Gasteiger charge is 2.46. The molecule has 1 aromatic carbocycles. The van der Waals surface area contributed by atoms with Gasteiger partial charge in [-0.05, 0) is 43.5 Å². The minimum Gasteiger partial charge on any atom is -0.497 e. The van der Waals surface area contributed by atoms with Crippen LogP contribution in [0.1, 0.15) is 19.3 Å². The molecular weight excluding hydrogens is 312 g/mol. The summed E-state index contributed by atoms with van der Waals surface area (Å²) in [6.45, 7) is 0.582. The highest BCUT2D eigenvalue weighted by atomic mass is 16.5. The van der Waals surface area contributed by atoms with Gasteiger partial charge < -0.3 is 19.5 Å². The third kappa shape index (κ3) is 3.31. The minimum atomic E-state index is -0.929. The van der Waals surface area contributed by atoms with Crippen LogP contribution in [0.4, 0.5) is 4.79 Å². The van der Waals surface area contributed by atoms with Crippen molar-refractivity contribution in [3.63, 3.8) is 0 Å². The first-order valence-electron chi connectivity index (χ1n) is 8.17. The average Bonchev–Trinajstić information content (AvgIpc) is 2.86. The van der Waals surface area contributed by atoms with Crippen molar-refractivity contribution < 1.29 is 24.2 Å². The van der Waals surface area contributed by atoms with Gasteiger partial charge in [0.25, 0.3) is 5.91 Å². The fourth-order valence-corrected chi connectivity index (χ4v) is 3.14. The molecule has 130 valence electrons. The number of nitrogens with zero attached hydrogens (tertiary/aromatic N) is 2. The van der Waals surface area contributed by atoms with Crippen molar-refractivity contribution in [2.75, 3.05) is 26.8 Å². The number of rotatable bonds is 6. The van der Waals surface area contributed by atoms with Gasteiger partial charge in [-0.2, -0.15) is 0 Å². The molecule has 2 aliphatic rings. The van der Waals surface area contributed by atoms with Crippen molar-refractivity contribution in [2.24, 2.45) is 0 Å². The first kappa shape index (κ1) is 16.6. The van der Waals surface area contributed by atoms with E-state index in [0.29, 0.717) is 24.5 Å². The van der Waals surface area contributed by atoms with E-state index in [2.05, 4.69) is 0 Å².